The van der Waals surface area contributed by atoms with E-state index in [0.29, 0.717) is 27.8 Å². The second-order valence-electron chi connectivity index (χ2n) is 13.3. The molecule has 308 valence electrons. The van der Waals surface area contributed by atoms with Gasteiger partial charge in [-0.3, -0.25) is 0 Å². The van der Waals surface area contributed by atoms with Gasteiger partial charge in [0, 0.05) is 14.7 Å². The Morgan fingerprint density at radius 2 is 0.847 bits per heavy atom. The molecule has 0 aromatic heterocycles. The van der Waals surface area contributed by atoms with Crippen molar-refractivity contribution < 1.29 is 72.0 Å². The lowest BCUT2D eigenvalue weighted by Gasteiger charge is -2.42. The molecule has 18 heteroatoms. The smallest absolute Gasteiger partial charge is 0.460 e. The van der Waals surface area contributed by atoms with E-state index in [0.717, 1.165) is 48.5 Å². The molecule has 0 amide bonds. The van der Waals surface area contributed by atoms with Crippen LogP contribution in [-0.4, -0.2) is 52.1 Å². The number of alkyl halides is 9. The van der Waals surface area contributed by atoms with Gasteiger partial charge in [0.1, 0.15) is 23.0 Å². The minimum Gasteiger partial charge on any atom is -0.508 e. The molecule has 6 aromatic carbocycles. The van der Waals surface area contributed by atoms with Gasteiger partial charge in [0.2, 0.25) is 0 Å². The van der Waals surface area contributed by atoms with E-state index in [1.165, 1.54) is 42.5 Å². The Balaban J connectivity index is 1.60. The molecule has 1 aliphatic carbocycles. The van der Waals surface area contributed by atoms with Gasteiger partial charge in [-0.2, -0.15) is 47.9 Å². The van der Waals surface area contributed by atoms with Crippen LogP contribution in [0.3, 0.4) is 0 Å². The molecule has 0 atom stereocenters. The molecule has 0 saturated carbocycles. The van der Waals surface area contributed by atoms with E-state index < -0.39 is 75.3 Å². The summed E-state index contributed by atoms with van der Waals surface area (Å²) in [6.07, 6.45) is -7.35. The zero-order valence-corrected chi connectivity index (χ0v) is 31.1. The van der Waals surface area contributed by atoms with Gasteiger partial charge in [0.05, 0.1) is 5.41 Å². The first kappa shape index (κ1) is 41.3. The highest BCUT2D eigenvalue weighted by Gasteiger charge is 2.86. The summed E-state index contributed by atoms with van der Waals surface area (Å²) in [6, 6.07) is 29.8. The molecule has 7 nitrogen and oxygen atoms in total. The van der Waals surface area contributed by atoms with Gasteiger partial charge in [-0.1, -0.05) is 54.6 Å². The Labute approximate surface area is 330 Å². The van der Waals surface area contributed by atoms with E-state index in [1.807, 2.05) is 0 Å². The predicted molar refractivity (Wildman–Crippen MR) is 197 cm³/mol. The summed E-state index contributed by atoms with van der Waals surface area (Å²) in [6.45, 7) is 0. The molecular formula is C41H27F9O7S2. The third-order valence-corrected chi connectivity index (χ3v) is 15.1. The Bertz CT molecular complexity index is 2560. The third-order valence-electron chi connectivity index (χ3n) is 9.91. The average molecular weight is 867 g/mol. The lowest BCUT2D eigenvalue weighted by Crippen LogP contribution is -2.63. The fourth-order valence-corrected chi connectivity index (χ4v) is 12.3. The Morgan fingerprint density at radius 3 is 1.29 bits per heavy atom. The molecular weight excluding hydrogens is 840 g/mol. The molecule has 0 spiro atoms. The van der Waals surface area contributed by atoms with E-state index in [4.69, 9.17) is 3.63 Å². The Morgan fingerprint density at radius 1 is 0.458 bits per heavy atom. The average Bonchev–Trinajstić information content (AvgIpc) is 3.48. The molecule has 0 bridgehead atoms. The molecule has 0 unspecified atom stereocenters. The highest BCUT2D eigenvalue weighted by Crippen LogP contribution is 2.73. The lowest BCUT2D eigenvalue weighted by molar-refractivity contribution is -0.382. The number of fused-ring (bicyclic) bond motifs is 3. The van der Waals surface area contributed by atoms with Crippen molar-refractivity contribution >= 4 is 20.4 Å². The first-order chi connectivity index (χ1) is 27.5. The van der Waals surface area contributed by atoms with Crippen LogP contribution < -0.4 is 0 Å². The molecule has 59 heavy (non-hydrogen) atoms. The second kappa shape index (κ2) is 13.9. The van der Waals surface area contributed by atoms with Crippen molar-refractivity contribution in [1.29, 1.82) is 0 Å². The molecule has 0 heterocycles. The largest absolute Gasteiger partial charge is 0.508 e. The molecule has 0 fully saturated rings. The van der Waals surface area contributed by atoms with E-state index in [-0.39, 0.29) is 17.1 Å². The van der Waals surface area contributed by atoms with Crippen LogP contribution in [-0.2, 0) is 19.2 Å². The number of hydrogen-bond acceptors (Lipinski definition) is 7. The number of aromatic hydroxyl groups is 4. The summed E-state index contributed by atoms with van der Waals surface area (Å²) >= 11 is 0. The number of phenols is 4. The minimum atomic E-state index is -7.64. The maximum Gasteiger partial charge on any atom is 0.460 e. The summed E-state index contributed by atoms with van der Waals surface area (Å²) in [5.41, 5.74) is 1.19. The van der Waals surface area contributed by atoms with Crippen molar-refractivity contribution in [3.8, 4) is 34.1 Å². The maximum absolute atomic E-state index is 15.7. The fraction of sp³-hybridized carbons (Fsp3) is 0.122. The van der Waals surface area contributed by atoms with Gasteiger partial charge in [0.25, 0.3) is 0 Å². The number of benzene rings is 6. The van der Waals surface area contributed by atoms with Crippen LogP contribution >= 0.6 is 10.3 Å². The number of halogens is 9. The predicted octanol–water partition coefficient (Wildman–Crippen LogP) is 10.8. The maximum atomic E-state index is 15.7. The molecule has 0 saturated heterocycles. The first-order valence-electron chi connectivity index (χ1n) is 16.9. The molecule has 0 radical (unpaired) electrons. The monoisotopic (exact) mass is 866 g/mol. The van der Waals surface area contributed by atoms with Crippen molar-refractivity contribution in [3.63, 3.8) is 0 Å². The number of rotatable bonds is 10. The van der Waals surface area contributed by atoms with Crippen molar-refractivity contribution in [3.05, 3.63) is 162 Å². The quantitative estimate of drug-likeness (QED) is 0.101. The summed E-state index contributed by atoms with van der Waals surface area (Å²) < 4.78 is 162. The van der Waals surface area contributed by atoms with Gasteiger partial charge in [-0.05, 0) is 129 Å². The van der Waals surface area contributed by atoms with Crippen molar-refractivity contribution in [2.45, 2.75) is 43.4 Å². The normalized spacial score (nSPS) is 14.7. The van der Waals surface area contributed by atoms with E-state index in [1.54, 1.807) is 48.5 Å². The highest BCUT2D eigenvalue weighted by molar-refractivity contribution is 8.33. The standard InChI is InChI=1S/C41H27F9O7S2/c42-38(43,40(46,47)48)39(44,45)41(49,50)59(55,56)57-58(30-17-13-28(53)14-18-30,31-19-15-29(54)16-20-31)32-21-22-34-33-3-1-2-4-35(33)37(36(34)23-32,24-5-9-26(51)10-6-24)25-7-11-27(52)12-8-25/h1-23,51-54H. The summed E-state index contributed by atoms with van der Waals surface area (Å²) in [7, 11) is -12.2. The third kappa shape index (κ3) is 6.14. The second-order valence-corrected chi connectivity index (χ2v) is 17.8. The lowest BCUT2D eigenvalue weighted by atomic mass is 9.67. The van der Waals surface area contributed by atoms with Crippen LogP contribution in [0.4, 0.5) is 39.5 Å². The summed E-state index contributed by atoms with van der Waals surface area (Å²) in [5, 5.41) is 33.7. The summed E-state index contributed by atoms with van der Waals surface area (Å²) in [4.78, 5) is -1.36. The van der Waals surface area contributed by atoms with Crippen molar-refractivity contribution in [2.75, 3.05) is 0 Å². The van der Waals surface area contributed by atoms with Gasteiger partial charge in [0.15, 0.2) is 0 Å². The molecule has 4 N–H and O–H groups in total. The summed E-state index contributed by atoms with van der Waals surface area (Å²) in [5.74, 6) is -16.5. The Kier molecular flexibility index (Phi) is 9.72. The topological polar surface area (TPSA) is 124 Å². The molecule has 6 aromatic rings. The van der Waals surface area contributed by atoms with Crippen LogP contribution in [0.15, 0.2) is 154 Å². The zero-order valence-electron chi connectivity index (χ0n) is 29.5. The van der Waals surface area contributed by atoms with E-state index in [2.05, 4.69) is 0 Å². The zero-order chi connectivity index (χ0) is 43.0. The SMILES string of the molecule is O=S(=O)(OS(c1ccc(O)cc1)(c1ccc(O)cc1)c1ccc2c(c1)C(c1ccc(O)cc1)(c1ccc(O)cc1)c1ccccc1-2)C(F)(F)C(F)(F)C(F)(F)C(F)(F)F. The fourth-order valence-electron chi connectivity index (χ4n) is 7.15. The molecule has 1 aliphatic rings. The highest BCUT2D eigenvalue weighted by atomic mass is 32.3. The number of hydrogen-bond donors (Lipinski definition) is 4. The van der Waals surface area contributed by atoms with Crippen LogP contribution in [0, 0.1) is 0 Å². The van der Waals surface area contributed by atoms with Gasteiger partial charge >= 0.3 is 33.4 Å². The van der Waals surface area contributed by atoms with E-state index in [9.17, 15) is 59.6 Å². The first-order valence-corrected chi connectivity index (χ1v) is 19.9. The van der Waals surface area contributed by atoms with Crippen LogP contribution in [0.25, 0.3) is 11.1 Å². The number of phenolic OH excluding ortho intramolecular Hbond substituents is 4. The van der Waals surface area contributed by atoms with E-state index >= 15 is 8.78 Å². The molecule has 0 aliphatic heterocycles. The minimum absolute atomic E-state index is 0.148. The van der Waals surface area contributed by atoms with Crippen molar-refractivity contribution in [1.82, 2.24) is 0 Å². The Hall–Kier alpha value is -5.85. The van der Waals surface area contributed by atoms with Crippen LogP contribution in [0.5, 0.6) is 23.0 Å². The van der Waals surface area contributed by atoms with Gasteiger partial charge in [-0.15, -0.1) is 0 Å². The van der Waals surface area contributed by atoms with Gasteiger partial charge in [-0.25, -0.2) is 3.63 Å². The van der Waals surface area contributed by atoms with Crippen LogP contribution in [0.1, 0.15) is 22.3 Å². The van der Waals surface area contributed by atoms with Gasteiger partial charge < -0.3 is 20.4 Å². The van der Waals surface area contributed by atoms with Crippen LogP contribution in [0.2, 0.25) is 0 Å². The molecule has 7 rings (SSSR count). The van der Waals surface area contributed by atoms with Crippen molar-refractivity contribution in [2.24, 2.45) is 0 Å².